The Bertz CT molecular complexity index is 248. The van der Waals surface area contributed by atoms with Gasteiger partial charge in [0.25, 0.3) is 0 Å². The molecule has 0 fully saturated rings. The third kappa shape index (κ3) is 4.72. The largest absolute Gasteiger partial charge is 0.309 e. The van der Waals surface area contributed by atoms with E-state index in [0.717, 1.165) is 13.0 Å². The van der Waals surface area contributed by atoms with Crippen molar-refractivity contribution in [3.8, 4) is 0 Å². The van der Waals surface area contributed by atoms with Gasteiger partial charge in [-0.25, -0.2) is 0 Å². The zero-order valence-electron chi connectivity index (χ0n) is 9.70. The summed E-state index contributed by atoms with van der Waals surface area (Å²) in [5.74, 6) is 2.42. The van der Waals surface area contributed by atoms with E-state index in [9.17, 15) is 0 Å². The number of thioether (sulfide) groups is 1. The van der Waals surface area contributed by atoms with Gasteiger partial charge in [0.2, 0.25) is 0 Å². The lowest BCUT2D eigenvalue weighted by Crippen LogP contribution is -2.23. The molecule has 0 aliphatic rings. The molecular formula is C13H21NS. The van der Waals surface area contributed by atoms with Gasteiger partial charge in [-0.3, -0.25) is 0 Å². The number of rotatable bonds is 7. The highest BCUT2D eigenvalue weighted by molar-refractivity contribution is 7.99. The monoisotopic (exact) mass is 223 g/mol. The molecule has 1 nitrogen and oxygen atoms in total. The highest BCUT2D eigenvalue weighted by atomic mass is 32.2. The average Bonchev–Trinajstić information content (AvgIpc) is 2.30. The maximum Gasteiger partial charge on any atom is 0.0317 e. The predicted octanol–water partition coefficient (Wildman–Crippen LogP) is 3.48. The lowest BCUT2D eigenvalue weighted by atomic mass is 10.1. The quantitative estimate of drug-likeness (QED) is 0.710. The van der Waals surface area contributed by atoms with Gasteiger partial charge in [0, 0.05) is 18.3 Å². The number of benzene rings is 1. The second-order valence-electron chi connectivity index (χ2n) is 3.52. The second-order valence-corrected chi connectivity index (χ2v) is 4.92. The maximum atomic E-state index is 3.60. The van der Waals surface area contributed by atoms with E-state index in [0.29, 0.717) is 6.04 Å². The summed E-state index contributed by atoms with van der Waals surface area (Å²) in [6.45, 7) is 5.54. The van der Waals surface area contributed by atoms with Crippen molar-refractivity contribution in [2.24, 2.45) is 0 Å². The number of hydrogen-bond donors (Lipinski definition) is 1. The Morgan fingerprint density at radius 3 is 2.53 bits per heavy atom. The van der Waals surface area contributed by atoms with E-state index in [4.69, 9.17) is 0 Å². The predicted molar refractivity (Wildman–Crippen MR) is 70.5 cm³/mol. The summed E-state index contributed by atoms with van der Waals surface area (Å²) in [5.41, 5.74) is 1.40. The highest BCUT2D eigenvalue weighted by Crippen LogP contribution is 2.15. The van der Waals surface area contributed by atoms with Crippen molar-refractivity contribution in [3.05, 3.63) is 35.9 Å². The SMILES string of the molecule is CCSCCNC(CC)c1ccccc1. The zero-order valence-corrected chi connectivity index (χ0v) is 10.5. The molecule has 0 radical (unpaired) electrons. The van der Waals surface area contributed by atoms with Crippen molar-refractivity contribution < 1.29 is 0 Å². The molecule has 0 amide bonds. The van der Waals surface area contributed by atoms with Gasteiger partial charge in [-0.15, -0.1) is 0 Å². The molecule has 0 aromatic heterocycles. The van der Waals surface area contributed by atoms with Crippen LogP contribution in [-0.2, 0) is 0 Å². The summed E-state index contributed by atoms with van der Waals surface area (Å²) in [4.78, 5) is 0. The zero-order chi connectivity index (χ0) is 10.9. The van der Waals surface area contributed by atoms with E-state index >= 15 is 0 Å². The van der Waals surface area contributed by atoms with Gasteiger partial charge in [-0.2, -0.15) is 11.8 Å². The summed E-state index contributed by atoms with van der Waals surface area (Å²) in [6.07, 6.45) is 1.15. The van der Waals surface area contributed by atoms with Crippen LogP contribution in [0.4, 0.5) is 0 Å². The maximum absolute atomic E-state index is 3.60. The van der Waals surface area contributed by atoms with Crippen LogP contribution in [0, 0.1) is 0 Å². The van der Waals surface area contributed by atoms with E-state index < -0.39 is 0 Å². The third-order valence-electron chi connectivity index (χ3n) is 2.45. The van der Waals surface area contributed by atoms with Gasteiger partial charge in [0.05, 0.1) is 0 Å². The minimum atomic E-state index is 0.517. The molecule has 0 aliphatic carbocycles. The van der Waals surface area contributed by atoms with Crippen molar-refractivity contribution in [2.75, 3.05) is 18.1 Å². The first-order valence-corrected chi connectivity index (χ1v) is 6.90. The van der Waals surface area contributed by atoms with Crippen LogP contribution in [0.3, 0.4) is 0 Å². The van der Waals surface area contributed by atoms with Gasteiger partial charge < -0.3 is 5.32 Å². The normalized spacial score (nSPS) is 12.7. The van der Waals surface area contributed by atoms with Crippen LogP contribution in [0.15, 0.2) is 30.3 Å². The van der Waals surface area contributed by atoms with Crippen LogP contribution < -0.4 is 5.32 Å². The van der Waals surface area contributed by atoms with Gasteiger partial charge in [0.1, 0.15) is 0 Å². The first kappa shape index (κ1) is 12.6. The van der Waals surface area contributed by atoms with Crippen molar-refractivity contribution in [3.63, 3.8) is 0 Å². The minimum Gasteiger partial charge on any atom is -0.309 e. The van der Waals surface area contributed by atoms with Crippen LogP contribution in [0.1, 0.15) is 31.9 Å². The molecule has 0 saturated heterocycles. The summed E-state index contributed by atoms with van der Waals surface area (Å²) >= 11 is 1.99. The van der Waals surface area contributed by atoms with E-state index in [1.165, 1.54) is 17.1 Å². The summed E-state index contributed by atoms with van der Waals surface area (Å²) in [6, 6.07) is 11.2. The van der Waals surface area contributed by atoms with E-state index in [1.54, 1.807) is 0 Å². The van der Waals surface area contributed by atoms with Crippen molar-refractivity contribution in [1.82, 2.24) is 5.32 Å². The third-order valence-corrected chi connectivity index (χ3v) is 3.35. The molecule has 1 aromatic rings. The van der Waals surface area contributed by atoms with E-state index in [1.807, 2.05) is 11.8 Å². The molecule has 0 heterocycles. The Kier molecular flexibility index (Phi) is 6.53. The van der Waals surface area contributed by atoms with Crippen LogP contribution in [0.25, 0.3) is 0 Å². The van der Waals surface area contributed by atoms with Gasteiger partial charge >= 0.3 is 0 Å². The van der Waals surface area contributed by atoms with Crippen molar-refractivity contribution >= 4 is 11.8 Å². The average molecular weight is 223 g/mol. The van der Waals surface area contributed by atoms with Crippen LogP contribution in [-0.4, -0.2) is 18.1 Å². The Balaban J connectivity index is 2.36. The molecule has 2 heteroatoms. The van der Waals surface area contributed by atoms with Crippen molar-refractivity contribution in [2.45, 2.75) is 26.3 Å². The minimum absolute atomic E-state index is 0.517. The van der Waals surface area contributed by atoms with Crippen LogP contribution in [0.2, 0.25) is 0 Å². The fourth-order valence-corrected chi connectivity index (χ4v) is 2.18. The van der Waals surface area contributed by atoms with Crippen LogP contribution >= 0.6 is 11.8 Å². The fraction of sp³-hybridized carbons (Fsp3) is 0.538. The first-order chi connectivity index (χ1) is 7.38. The Labute approximate surface area is 97.7 Å². The smallest absolute Gasteiger partial charge is 0.0317 e. The fourth-order valence-electron chi connectivity index (χ4n) is 1.63. The topological polar surface area (TPSA) is 12.0 Å². The molecular weight excluding hydrogens is 202 g/mol. The van der Waals surface area contributed by atoms with E-state index in [-0.39, 0.29) is 0 Å². The molecule has 0 saturated carbocycles. The Hall–Kier alpha value is -0.470. The first-order valence-electron chi connectivity index (χ1n) is 5.74. The Morgan fingerprint density at radius 2 is 1.93 bits per heavy atom. The van der Waals surface area contributed by atoms with Gasteiger partial charge in [-0.1, -0.05) is 44.2 Å². The molecule has 1 N–H and O–H groups in total. The molecule has 0 bridgehead atoms. The number of hydrogen-bond acceptors (Lipinski definition) is 2. The van der Waals surface area contributed by atoms with Crippen LogP contribution in [0.5, 0.6) is 0 Å². The lowest BCUT2D eigenvalue weighted by molar-refractivity contribution is 0.540. The Morgan fingerprint density at radius 1 is 1.20 bits per heavy atom. The summed E-state index contributed by atoms with van der Waals surface area (Å²) in [7, 11) is 0. The van der Waals surface area contributed by atoms with Crippen molar-refractivity contribution in [1.29, 1.82) is 0 Å². The molecule has 0 aliphatic heterocycles. The van der Waals surface area contributed by atoms with E-state index in [2.05, 4.69) is 49.5 Å². The molecule has 1 rings (SSSR count). The summed E-state index contributed by atoms with van der Waals surface area (Å²) in [5, 5.41) is 3.60. The standard InChI is InChI=1S/C13H21NS/c1-3-13(14-10-11-15-4-2)12-8-6-5-7-9-12/h5-9,13-14H,3-4,10-11H2,1-2H3. The molecule has 1 aromatic carbocycles. The second kappa shape index (κ2) is 7.77. The lowest BCUT2D eigenvalue weighted by Gasteiger charge is -2.17. The number of nitrogens with one attached hydrogen (secondary N) is 1. The summed E-state index contributed by atoms with van der Waals surface area (Å²) < 4.78 is 0. The molecule has 1 atom stereocenters. The molecule has 84 valence electrons. The van der Waals surface area contributed by atoms with Gasteiger partial charge in [-0.05, 0) is 17.7 Å². The highest BCUT2D eigenvalue weighted by Gasteiger charge is 2.06. The molecule has 1 unspecified atom stereocenters. The van der Waals surface area contributed by atoms with Gasteiger partial charge in [0.15, 0.2) is 0 Å². The molecule has 15 heavy (non-hydrogen) atoms. The molecule has 0 spiro atoms.